The minimum absolute atomic E-state index is 0.425. The lowest BCUT2D eigenvalue weighted by Gasteiger charge is -2.15. The van der Waals surface area contributed by atoms with Crippen LogP contribution in [-0.4, -0.2) is 30.1 Å². The summed E-state index contributed by atoms with van der Waals surface area (Å²) in [6.07, 6.45) is 0.425. The predicted molar refractivity (Wildman–Crippen MR) is 68.8 cm³/mol. The molecule has 0 N–H and O–H groups in total. The molecule has 17 heavy (non-hydrogen) atoms. The van der Waals surface area contributed by atoms with Gasteiger partial charge in [0.1, 0.15) is 5.01 Å². The zero-order chi connectivity index (χ0) is 12.7. The van der Waals surface area contributed by atoms with E-state index in [2.05, 4.69) is 29.8 Å². The van der Waals surface area contributed by atoms with Crippen LogP contribution in [0.4, 0.5) is 0 Å². The van der Waals surface area contributed by atoms with Gasteiger partial charge in [0.25, 0.3) is 0 Å². The summed E-state index contributed by atoms with van der Waals surface area (Å²) in [6, 6.07) is 2.18. The van der Waals surface area contributed by atoms with Crippen molar-refractivity contribution < 1.29 is 4.74 Å². The van der Waals surface area contributed by atoms with Crippen molar-refractivity contribution in [1.82, 2.24) is 9.88 Å². The van der Waals surface area contributed by atoms with Crippen LogP contribution in [0.1, 0.15) is 29.4 Å². The molecule has 0 bridgehead atoms. The second-order valence-electron chi connectivity index (χ2n) is 3.71. The van der Waals surface area contributed by atoms with Crippen molar-refractivity contribution in [1.29, 1.82) is 5.26 Å². The summed E-state index contributed by atoms with van der Waals surface area (Å²) in [5.41, 5.74) is 0.918. The van der Waals surface area contributed by atoms with Gasteiger partial charge in [-0.2, -0.15) is 5.26 Å². The van der Waals surface area contributed by atoms with Crippen LogP contribution in [0.2, 0.25) is 0 Å². The van der Waals surface area contributed by atoms with Crippen molar-refractivity contribution in [2.75, 3.05) is 20.2 Å². The van der Waals surface area contributed by atoms with E-state index in [1.54, 1.807) is 18.4 Å². The molecule has 1 aromatic rings. The monoisotopic (exact) mass is 253 g/mol. The van der Waals surface area contributed by atoms with Gasteiger partial charge in [-0.15, -0.1) is 11.3 Å². The second-order valence-corrected chi connectivity index (χ2v) is 4.87. The number of nitrogens with zero attached hydrogens (tertiary/aromatic N) is 3. The zero-order valence-corrected chi connectivity index (χ0v) is 11.5. The first-order valence-electron chi connectivity index (χ1n) is 5.80. The Morgan fingerprint density at radius 1 is 1.41 bits per heavy atom. The van der Waals surface area contributed by atoms with Gasteiger partial charge in [0.15, 0.2) is 0 Å². The molecule has 0 saturated carbocycles. The van der Waals surface area contributed by atoms with Gasteiger partial charge in [-0.25, -0.2) is 4.98 Å². The minimum atomic E-state index is 0.425. The summed E-state index contributed by atoms with van der Waals surface area (Å²) in [4.78, 5) is 7.90. The van der Waals surface area contributed by atoms with Crippen LogP contribution < -0.4 is 0 Å². The van der Waals surface area contributed by atoms with Crippen molar-refractivity contribution in [3.8, 4) is 6.07 Å². The standard InChI is InChI=1S/C12H19N3OS/c1-4-15(5-2)8-12-14-10(9-16-3)11(17-12)6-7-13/h4-6,8-9H2,1-3H3. The summed E-state index contributed by atoms with van der Waals surface area (Å²) >= 11 is 1.63. The van der Waals surface area contributed by atoms with Gasteiger partial charge >= 0.3 is 0 Å². The normalized spacial score (nSPS) is 10.8. The van der Waals surface area contributed by atoms with Crippen LogP contribution in [0.3, 0.4) is 0 Å². The van der Waals surface area contributed by atoms with Crippen LogP contribution in [0.15, 0.2) is 0 Å². The van der Waals surface area contributed by atoms with Crippen LogP contribution in [0.25, 0.3) is 0 Å². The lowest BCUT2D eigenvalue weighted by atomic mass is 10.3. The maximum absolute atomic E-state index is 8.77. The van der Waals surface area contributed by atoms with Gasteiger partial charge in [0.2, 0.25) is 0 Å². The van der Waals surface area contributed by atoms with Gasteiger partial charge < -0.3 is 4.74 Å². The smallest absolute Gasteiger partial charge is 0.107 e. The summed E-state index contributed by atoms with van der Waals surface area (Å²) in [5.74, 6) is 0. The lowest BCUT2D eigenvalue weighted by Crippen LogP contribution is -2.21. The van der Waals surface area contributed by atoms with E-state index >= 15 is 0 Å². The quantitative estimate of drug-likeness (QED) is 0.747. The summed E-state index contributed by atoms with van der Waals surface area (Å²) in [6.45, 7) is 7.67. The topological polar surface area (TPSA) is 49.2 Å². The number of hydrogen-bond acceptors (Lipinski definition) is 5. The fourth-order valence-corrected chi connectivity index (χ4v) is 2.65. The van der Waals surface area contributed by atoms with Crippen LogP contribution in [-0.2, 0) is 24.3 Å². The third-order valence-electron chi connectivity index (χ3n) is 2.60. The molecule has 5 heteroatoms. The van der Waals surface area contributed by atoms with Gasteiger partial charge in [-0.3, -0.25) is 4.90 Å². The molecule has 0 spiro atoms. The van der Waals surface area contributed by atoms with Crippen molar-refractivity contribution in [2.45, 2.75) is 33.4 Å². The van der Waals surface area contributed by atoms with E-state index in [9.17, 15) is 0 Å². The van der Waals surface area contributed by atoms with E-state index in [0.717, 1.165) is 35.2 Å². The number of aromatic nitrogens is 1. The maximum atomic E-state index is 8.77. The van der Waals surface area contributed by atoms with E-state index in [-0.39, 0.29) is 0 Å². The molecule has 1 rings (SSSR count). The molecule has 0 aliphatic rings. The first-order chi connectivity index (χ1) is 8.24. The Labute approximate surface area is 107 Å². The second kappa shape index (κ2) is 7.38. The molecule has 1 aromatic heterocycles. The van der Waals surface area contributed by atoms with Crippen LogP contribution in [0, 0.1) is 11.3 Å². The number of ether oxygens (including phenoxy) is 1. The number of hydrogen-bond donors (Lipinski definition) is 0. The van der Waals surface area contributed by atoms with E-state index in [4.69, 9.17) is 10.00 Å². The van der Waals surface area contributed by atoms with E-state index in [1.807, 2.05) is 0 Å². The van der Waals surface area contributed by atoms with Gasteiger partial charge in [-0.1, -0.05) is 13.8 Å². The molecule has 1 heterocycles. The Morgan fingerprint density at radius 2 is 2.12 bits per heavy atom. The Hall–Kier alpha value is -0.960. The van der Waals surface area contributed by atoms with Gasteiger partial charge in [0.05, 0.1) is 31.3 Å². The molecule has 0 fully saturated rings. The Bertz CT molecular complexity index is 380. The van der Waals surface area contributed by atoms with E-state index in [1.165, 1.54) is 0 Å². The third kappa shape index (κ3) is 4.08. The minimum Gasteiger partial charge on any atom is -0.378 e. The van der Waals surface area contributed by atoms with Crippen molar-refractivity contribution >= 4 is 11.3 Å². The van der Waals surface area contributed by atoms with Gasteiger partial charge in [0, 0.05) is 12.0 Å². The predicted octanol–water partition coefficient (Wildman–Crippen LogP) is 2.20. The molecule has 4 nitrogen and oxygen atoms in total. The molecule has 0 aliphatic carbocycles. The SMILES string of the molecule is CCN(CC)Cc1nc(COC)c(CC#N)s1. The fourth-order valence-electron chi connectivity index (χ4n) is 1.60. The Morgan fingerprint density at radius 3 is 2.65 bits per heavy atom. The number of thiazole rings is 1. The highest BCUT2D eigenvalue weighted by atomic mass is 32.1. The van der Waals surface area contributed by atoms with E-state index in [0.29, 0.717) is 13.0 Å². The molecule has 0 saturated heterocycles. The number of rotatable bonds is 7. The summed E-state index contributed by atoms with van der Waals surface area (Å²) < 4.78 is 5.11. The van der Waals surface area contributed by atoms with E-state index < -0.39 is 0 Å². The molecule has 0 aliphatic heterocycles. The summed E-state index contributed by atoms with van der Waals surface area (Å²) in [7, 11) is 1.65. The average Bonchev–Trinajstić information content (AvgIpc) is 2.69. The molecular formula is C12H19N3OS. The largest absolute Gasteiger partial charge is 0.378 e. The lowest BCUT2D eigenvalue weighted by molar-refractivity contribution is 0.181. The molecule has 0 radical (unpaired) electrons. The van der Waals surface area contributed by atoms with Crippen molar-refractivity contribution in [2.24, 2.45) is 0 Å². The highest BCUT2D eigenvalue weighted by Gasteiger charge is 2.12. The first kappa shape index (κ1) is 14.1. The zero-order valence-electron chi connectivity index (χ0n) is 10.7. The molecule has 0 aromatic carbocycles. The average molecular weight is 253 g/mol. The summed E-state index contributed by atoms with van der Waals surface area (Å²) in [5, 5.41) is 9.85. The Kier molecular flexibility index (Phi) is 6.12. The number of methoxy groups -OCH3 is 1. The first-order valence-corrected chi connectivity index (χ1v) is 6.62. The Balaban J connectivity index is 2.80. The molecule has 0 amide bonds. The van der Waals surface area contributed by atoms with Crippen molar-refractivity contribution in [3.63, 3.8) is 0 Å². The van der Waals surface area contributed by atoms with Gasteiger partial charge in [-0.05, 0) is 13.1 Å². The van der Waals surface area contributed by atoms with Crippen LogP contribution >= 0.6 is 11.3 Å². The maximum Gasteiger partial charge on any atom is 0.107 e. The highest BCUT2D eigenvalue weighted by Crippen LogP contribution is 2.21. The molecule has 0 unspecified atom stereocenters. The molecular weight excluding hydrogens is 234 g/mol. The molecule has 0 atom stereocenters. The fraction of sp³-hybridized carbons (Fsp3) is 0.667. The third-order valence-corrected chi connectivity index (χ3v) is 3.68. The van der Waals surface area contributed by atoms with Crippen LogP contribution in [0.5, 0.6) is 0 Å². The van der Waals surface area contributed by atoms with Crippen molar-refractivity contribution in [3.05, 3.63) is 15.6 Å². The number of nitriles is 1. The molecule has 94 valence electrons. The highest BCUT2D eigenvalue weighted by molar-refractivity contribution is 7.11.